The average molecular weight is 260 g/mol. The van der Waals surface area contributed by atoms with Gasteiger partial charge in [0.25, 0.3) is 0 Å². The zero-order valence-electron chi connectivity index (χ0n) is 10.6. The third-order valence-corrected chi connectivity index (χ3v) is 4.04. The zero-order valence-corrected chi connectivity index (χ0v) is 11.4. The lowest BCUT2D eigenvalue weighted by molar-refractivity contribution is 0.0703. The molecule has 0 saturated heterocycles. The summed E-state index contributed by atoms with van der Waals surface area (Å²) in [4.78, 5) is 11.6. The Hall–Kier alpha value is -1.61. The number of benzene rings is 1. The summed E-state index contributed by atoms with van der Waals surface area (Å²) in [6, 6.07) is 8.13. The lowest BCUT2D eigenvalue weighted by atomic mass is 9.97. The van der Waals surface area contributed by atoms with Crippen LogP contribution in [0.1, 0.15) is 34.6 Å². The highest BCUT2D eigenvalue weighted by Gasteiger charge is 2.13. The summed E-state index contributed by atoms with van der Waals surface area (Å²) in [5.74, 6) is -0.849. The minimum absolute atomic E-state index is 0.418. The van der Waals surface area contributed by atoms with E-state index in [9.17, 15) is 4.79 Å². The van der Waals surface area contributed by atoms with E-state index in [1.165, 1.54) is 22.5 Å². The molecule has 3 heteroatoms. The smallest absolute Gasteiger partial charge is 0.346 e. The largest absolute Gasteiger partial charge is 0.477 e. The third-order valence-electron chi connectivity index (χ3n) is 3.14. The maximum atomic E-state index is 11.1. The van der Waals surface area contributed by atoms with E-state index in [2.05, 4.69) is 26.0 Å². The van der Waals surface area contributed by atoms with Crippen molar-refractivity contribution in [2.45, 2.75) is 26.7 Å². The SMILES string of the molecule is CCc1ccc(-c2ccsc2C(=O)O)cc1CC. The van der Waals surface area contributed by atoms with Crippen LogP contribution in [0.2, 0.25) is 0 Å². The Balaban J connectivity index is 2.51. The predicted octanol–water partition coefficient (Wildman–Crippen LogP) is 4.24. The van der Waals surface area contributed by atoms with Crippen molar-refractivity contribution in [2.24, 2.45) is 0 Å². The fraction of sp³-hybridized carbons (Fsp3) is 0.267. The van der Waals surface area contributed by atoms with E-state index < -0.39 is 5.97 Å². The van der Waals surface area contributed by atoms with Crippen LogP contribution < -0.4 is 0 Å². The second-order valence-electron chi connectivity index (χ2n) is 4.16. The van der Waals surface area contributed by atoms with Gasteiger partial charge in [-0.25, -0.2) is 4.79 Å². The van der Waals surface area contributed by atoms with Gasteiger partial charge < -0.3 is 5.11 Å². The number of aromatic carboxylic acids is 1. The topological polar surface area (TPSA) is 37.3 Å². The third kappa shape index (κ3) is 2.31. The first kappa shape index (κ1) is 12.8. The minimum atomic E-state index is -0.849. The number of hydrogen-bond acceptors (Lipinski definition) is 2. The van der Waals surface area contributed by atoms with Crippen LogP contribution in [0.5, 0.6) is 0 Å². The van der Waals surface area contributed by atoms with E-state index in [0.717, 1.165) is 24.0 Å². The predicted molar refractivity (Wildman–Crippen MR) is 75.5 cm³/mol. The summed E-state index contributed by atoms with van der Waals surface area (Å²) in [6.07, 6.45) is 1.99. The van der Waals surface area contributed by atoms with Crippen molar-refractivity contribution < 1.29 is 9.90 Å². The second kappa shape index (κ2) is 5.36. The molecule has 0 unspecified atom stereocenters. The summed E-state index contributed by atoms with van der Waals surface area (Å²) in [6.45, 7) is 4.27. The summed E-state index contributed by atoms with van der Waals surface area (Å²) in [5.41, 5.74) is 4.47. The second-order valence-corrected chi connectivity index (χ2v) is 5.08. The van der Waals surface area contributed by atoms with Crippen LogP contribution in [0, 0.1) is 0 Å². The van der Waals surface area contributed by atoms with Crippen LogP contribution in [0.4, 0.5) is 0 Å². The molecule has 2 nitrogen and oxygen atoms in total. The van der Waals surface area contributed by atoms with Gasteiger partial charge in [0.15, 0.2) is 0 Å². The molecule has 0 fully saturated rings. The van der Waals surface area contributed by atoms with Crippen molar-refractivity contribution >= 4 is 17.3 Å². The molecule has 0 saturated carbocycles. The molecule has 0 aliphatic rings. The van der Waals surface area contributed by atoms with Crippen LogP contribution in [-0.2, 0) is 12.8 Å². The molecule has 2 aromatic rings. The molecule has 0 bridgehead atoms. The standard InChI is InChI=1S/C15H16O2S/c1-3-10-5-6-12(9-11(10)4-2)13-7-8-18-14(13)15(16)17/h5-9H,3-4H2,1-2H3,(H,16,17). The van der Waals surface area contributed by atoms with E-state index in [1.807, 2.05) is 17.5 Å². The molecule has 0 aliphatic heterocycles. The molecule has 94 valence electrons. The first-order valence-corrected chi connectivity index (χ1v) is 6.98. The Labute approximate surface area is 111 Å². The number of hydrogen-bond donors (Lipinski definition) is 1. The van der Waals surface area contributed by atoms with Crippen molar-refractivity contribution in [3.8, 4) is 11.1 Å². The van der Waals surface area contributed by atoms with Crippen molar-refractivity contribution in [3.05, 3.63) is 45.6 Å². The average Bonchev–Trinajstić information content (AvgIpc) is 2.87. The van der Waals surface area contributed by atoms with E-state index in [4.69, 9.17) is 5.11 Å². The molecule has 0 radical (unpaired) electrons. The quantitative estimate of drug-likeness (QED) is 0.892. The van der Waals surface area contributed by atoms with Gasteiger partial charge in [-0.3, -0.25) is 0 Å². The Morgan fingerprint density at radius 1 is 1.17 bits per heavy atom. The van der Waals surface area contributed by atoms with Gasteiger partial charge in [-0.05, 0) is 41.0 Å². The molecule has 18 heavy (non-hydrogen) atoms. The van der Waals surface area contributed by atoms with Gasteiger partial charge in [-0.15, -0.1) is 11.3 Å². The number of carbonyl (C=O) groups is 1. The van der Waals surface area contributed by atoms with Gasteiger partial charge in [0.1, 0.15) is 4.88 Å². The highest BCUT2D eigenvalue weighted by Crippen LogP contribution is 2.30. The van der Waals surface area contributed by atoms with E-state index >= 15 is 0 Å². The maximum Gasteiger partial charge on any atom is 0.346 e. The first-order chi connectivity index (χ1) is 8.67. The molecule has 0 atom stereocenters. The number of thiophene rings is 1. The molecule has 0 aliphatic carbocycles. The van der Waals surface area contributed by atoms with Gasteiger partial charge in [-0.1, -0.05) is 32.0 Å². The van der Waals surface area contributed by atoms with Crippen LogP contribution in [0.25, 0.3) is 11.1 Å². The van der Waals surface area contributed by atoms with Crippen molar-refractivity contribution in [1.29, 1.82) is 0 Å². The number of carboxylic acids is 1. The minimum Gasteiger partial charge on any atom is -0.477 e. The first-order valence-electron chi connectivity index (χ1n) is 6.10. The Morgan fingerprint density at radius 2 is 1.89 bits per heavy atom. The van der Waals surface area contributed by atoms with Gasteiger partial charge in [0.2, 0.25) is 0 Å². The lowest BCUT2D eigenvalue weighted by Crippen LogP contribution is -1.96. The van der Waals surface area contributed by atoms with Crippen molar-refractivity contribution in [3.63, 3.8) is 0 Å². The van der Waals surface area contributed by atoms with Crippen molar-refractivity contribution in [2.75, 3.05) is 0 Å². The Kier molecular flexibility index (Phi) is 3.82. The summed E-state index contributed by atoms with van der Waals surface area (Å²) < 4.78 is 0. The van der Waals surface area contributed by atoms with Crippen molar-refractivity contribution in [1.82, 2.24) is 0 Å². The van der Waals surface area contributed by atoms with E-state index in [1.54, 1.807) is 0 Å². The van der Waals surface area contributed by atoms with Gasteiger partial charge in [-0.2, -0.15) is 0 Å². The van der Waals surface area contributed by atoms with Crippen LogP contribution in [-0.4, -0.2) is 11.1 Å². The molecular weight excluding hydrogens is 244 g/mol. The van der Waals surface area contributed by atoms with Crippen LogP contribution >= 0.6 is 11.3 Å². The monoisotopic (exact) mass is 260 g/mol. The number of rotatable bonds is 4. The number of aryl methyl sites for hydroxylation is 2. The molecule has 0 spiro atoms. The van der Waals surface area contributed by atoms with Gasteiger partial charge >= 0.3 is 5.97 Å². The Bertz CT molecular complexity index is 570. The fourth-order valence-electron chi connectivity index (χ4n) is 2.17. The van der Waals surface area contributed by atoms with Crippen LogP contribution in [0.15, 0.2) is 29.6 Å². The highest BCUT2D eigenvalue weighted by molar-refractivity contribution is 7.12. The highest BCUT2D eigenvalue weighted by atomic mass is 32.1. The maximum absolute atomic E-state index is 11.1. The zero-order chi connectivity index (χ0) is 13.1. The molecule has 1 aromatic carbocycles. The Morgan fingerprint density at radius 3 is 2.50 bits per heavy atom. The van der Waals surface area contributed by atoms with E-state index in [-0.39, 0.29) is 0 Å². The molecule has 1 heterocycles. The normalized spacial score (nSPS) is 10.6. The van der Waals surface area contributed by atoms with E-state index in [0.29, 0.717) is 4.88 Å². The number of carboxylic acid groups (broad SMARTS) is 1. The molecule has 2 rings (SSSR count). The molecule has 0 amide bonds. The summed E-state index contributed by atoms with van der Waals surface area (Å²) in [5, 5.41) is 11.0. The summed E-state index contributed by atoms with van der Waals surface area (Å²) >= 11 is 1.28. The van der Waals surface area contributed by atoms with Gasteiger partial charge in [0.05, 0.1) is 0 Å². The van der Waals surface area contributed by atoms with Crippen LogP contribution in [0.3, 0.4) is 0 Å². The molecular formula is C15H16O2S. The molecule has 1 N–H and O–H groups in total. The summed E-state index contributed by atoms with van der Waals surface area (Å²) in [7, 11) is 0. The molecule has 1 aromatic heterocycles. The van der Waals surface area contributed by atoms with Gasteiger partial charge in [0, 0.05) is 5.56 Å². The fourth-order valence-corrected chi connectivity index (χ4v) is 2.92. The lowest BCUT2D eigenvalue weighted by Gasteiger charge is -2.08.